The Hall–Kier alpha value is -2.23. The van der Waals surface area contributed by atoms with E-state index in [9.17, 15) is 9.18 Å². The Balaban J connectivity index is 1.31. The SMILES string of the molecule is CCC(=O)c1cnc(Oc2ccc(C3C4CC5CC(C4)CC3C5)cc2)c(F)c1. The van der Waals surface area contributed by atoms with Gasteiger partial charge in [-0.05, 0) is 85.5 Å². The average Bonchev–Trinajstić information content (AvgIpc) is 2.69. The van der Waals surface area contributed by atoms with Gasteiger partial charge in [0.2, 0.25) is 0 Å². The second-order valence-electron chi connectivity index (χ2n) is 8.92. The molecular formula is C24H26FNO2. The van der Waals surface area contributed by atoms with E-state index in [1.807, 2.05) is 12.1 Å². The second-order valence-corrected chi connectivity index (χ2v) is 8.92. The first-order valence-electron chi connectivity index (χ1n) is 10.6. The summed E-state index contributed by atoms with van der Waals surface area (Å²) in [5.74, 6) is 4.05. The van der Waals surface area contributed by atoms with Crippen molar-refractivity contribution in [2.45, 2.75) is 51.4 Å². The third-order valence-corrected chi connectivity index (χ3v) is 7.16. The Morgan fingerprint density at radius 2 is 1.71 bits per heavy atom. The van der Waals surface area contributed by atoms with Crippen LogP contribution < -0.4 is 4.74 Å². The summed E-state index contributed by atoms with van der Waals surface area (Å²) in [6, 6.07) is 9.35. The van der Waals surface area contributed by atoms with Gasteiger partial charge in [0.05, 0.1) is 0 Å². The lowest BCUT2D eigenvalue weighted by atomic mass is 9.51. The van der Waals surface area contributed by atoms with E-state index in [0.29, 0.717) is 18.1 Å². The van der Waals surface area contributed by atoms with Gasteiger partial charge in [-0.1, -0.05) is 19.1 Å². The summed E-state index contributed by atoms with van der Waals surface area (Å²) in [7, 11) is 0. The Bertz CT molecular complexity index is 864. The highest BCUT2D eigenvalue weighted by atomic mass is 19.1. The van der Waals surface area contributed by atoms with Gasteiger partial charge in [-0.3, -0.25) is 4.79 Å². The number of benzene rings is 1. The summed E-state index contributed by atoms with van der Waals surface area (Å²) < 4.78 is 19.9. The molecule has 1 aromatic heterocycles. The zero-order valence-corrected chi connectivity index (χ0v) is 16.2. The predicted octanol–water partition coefficient (Wildman–Crippen LogP) is 6.15. The van der Waals surface area contributed by atoms with Gasteiger partial charge in [-0.2, -0.15) is 0 Å². The van der Waals surface area contributed by atoms with Crippen molar-refractivity contribution in [3.8, 4) is 11.6 Å². The molecule has 0 atom stereocenters. The molecule has 1 aromatic carbocycles. The molecule has 4 saturated carbocycles. The summed E-state index contributed by atoms with van der Waals surface area (Å²) in [4.78, 5) is 15.7. The normalized spacial score (nSPS) is 30.4. The second kappa shape index (κ2) is 6.98. The zero-order valence-electron chi connectivity index (χ0n) is 16.2. The van der Waals surface area contributed by atoms with Crippen LogP contribution in [0.5, 0.6) is 11.6 Å². The molecule has 4 bridgehead atoms. The summed E-state index contributed by atoms with van der Waals surface area (Å²) >= 11 is 0. The molecule has 4 aliphatic rings. The molecule has 0 aliphatic heterocycles. The Kier molecular flexibility index (Phi) is 4.45. The van der Waals surface area contributed by atoms with Crippen LogP contribution in [-0.2, 0) is 0 Å². The van der Waals surface area contributed by atoms with E-state index in [4.69, 9.17) is 4.74 Å². The van der Waals surface area contributed by atoms with E-state index in [1.165, 1.54) is 49.9 Å². The number of hydrogen-bond acceptors (Lipinski definition) is 3. The fourth-order valence-electron chi connectivity index (χ4n) is 6.20. The highest BCUT2D eigenvalue weighted by molar-refractivity contribution is 5.95. The van der Waals surface area contributed by atoms with Crippen molar-refractivity contribution in [3.63, 3.8) is 0 Å². The number of halogens is 1. The fourth-order valence-corrected chi connectivity index (χ4v) is 6.20. The van der Waals surface area contributed by atoms with E-state index in [2.05, 4.69) is 17.1 Å². The largest absolute Gasteiger partial charge is 0.436 e. The first-order chi connectivity index (χ1) is 13.6. The Labute approximate surface area is 165 Å². The molecule has 0 radical (unpaired) electrons. The van der Waals surface area contributed by atoms with Crippen LogP contribution in [0, 0.1) is 29.5 Å². The molecule has 146 valence electrons. The molecule has 0 unspecified atom stereocenters. The minimum absolute atomic E-state index is 0.0879. The number of carbonyl (C=O) groups excluding carboxylic acids is 1. The van der Waals surface area contributed by atoms with Crippen LogP contribution in [0.4, 0.5) is 4.39 Å². The molecule has 6 rings (SSSR count). The molecular weight excluding hydrogens is 353 g/mol. The van der Waals surface area contributed by atoms with Crippen LogP contribution in [0.2, 0.25) is 0 Å². The van der Waals surface area contributed by atoms with Crippen molar-refractivity contribution in [1.29, 1.82) is 0 Å². The van der Waals surface area contributed by atoms with Crippen molar-refractivity contribution in [1.82, 2.24) is 4.98 Å². The fraction of sp³-hybridized carbons (Fsp3) is 0.500. The molecule has 1 heterocycles. The number of hydrogen-bond donors (Lipinski definition) is 0. The molecule has 0 N–H and O–H groups in total. The average molecular weight is 379 g/mol. The maximum Gasteiger partial charge on any atom is 0.255 e. The third kappa shape index (κ3) is 3.13. The minimum Gasteiger partial charge on any atom is -0.436 e. The number of pyridine rings is 1. The first kappa shape index (κ1) is 17.8. The number of ketones is 1. The minimum atomic E-state index is -0.607. The van der Waals surface area contributed by atoms with E-state index >= 15 is 0 Å². The Morgan fingerprint density at radius 3 is 2.29 bits per heavy atom. The van der Waals surface area contributed by atoms with Crippen LogP contribution in [0.15, 0.2) is 36.5 Å². The van der Waals surface area contributed by atoms with E-state index < -0.39 is 5.82 Å². The summed E-state index contributed by atoms with van der Waals surface area (Å²) in [6.45, 7) is 1.75. The van der Waals surface area contributed by atoms with Gasteiger partial charge in [0.15, 0.2) is 11.6 Å². The monoisotopic (exact) mass is 379 g/mol. The molecule has 0 amide bonds. The summed E-state index contributed by atoms with van der Waals surface area (Å²) in [5.41, 5.74) is 1.68. The van der Waals surface area contributed by atoms with Crippen LogP contribution >= 0.6 is 0 Å². The molecule has 2 aromatic rings. The molecule has 0 spiro atoms. The third-order valence-electron chi connectivity index (χ3n) is 7.16. The van der Waals surface area contributed by atoms with E-state index in [0.717, 1.165) is 23.7 Å². The number of aromatic nitrogens is 1. The molecule has 4 fully saturated rings. The Morgan fingerprint density at radius 1 is 1.07 bits per heavy atom. The maximum absolute atomic E-state index is 14.3. The van der Waals surface area contributed by atoms with Gasteiger partial charge >= 0.3 is 0 Å². The van der Waals surface area contributed by atoms with Gasteiger partial charge < -0.3 is 4.74 Å². The molecule has 0 saturated heterocycles. The van der Waals surface area contributed by atoms with Crippen LogP contribution in [-0.4, -0.2) is 10.8 Å². The van der Waals surface area contributed by atoms with Crippen molar-refractivity contribution < 1.29 is 13.9 Å². The lowest BCUT2D eigenvalue weighted by Gasteiger charge is -2.54. The lowest BCUT2D eigenvalue weighted by molar-refractivity contribution is -0.00279. The van der Waals surface area contributed by atoms with Crippen molar-refractivity contribution in [3.05, 3.63) is 53.5 Å². The molecule has 4 heteroatoms. The van der Waals surface area contributed by atoms with Gasteiger partial charge in [0.25, 0.3) is 5.88 Å². The first-order valence-corrected chi connectivity index (χ1v) is 10.6. The summed E-state index contributed by atoms with van der Waals surface area (Å²) in [6.07, 6.45) is 8.76. The van der Waals surface area contributed by atoms with Gasteiger partial charge in [-0.25, -0.2) is 9.37 Å². The quantitative estimate of drug-likeness (QED) is 0.585. The number of ether oxygens (including phenoxy) is 1. The van der Waals surface area contributed by atoms with Gasteiger partial charge in [0.1, 0.15) is 5.75 Å². The van der Waals surface area contributed by atoms with Crippen molar-refractivity contribution >= 4 is 5.78 Å². The topological polar surface area (TPSA) is 39.2 Å². The van der Waals surface area contributed by atoms with Crippen LogP contribution in [0.3, 0.4) is 0 Å². The standard InChI is InChI=1S/C24H26FNO2/c1-2-22(27)19-12-21(25)24(26-13-19)28-20-5-3-16(4-6-20)23-17-8-14-7-15(10-17)11-18(23)9-14/h3-6,12-15,17-18,23H,2,7-11H2,1H3. The maximum atomic E-state index is 14.3. The van der Waals surface area contributed by atoms with Gasteiger partial charge in [-0.15, -0.1) is 0 Å². The van der Waals surface area contributed by atoms with Crippen LogP contribution in [0.25, 0.3) is 0 Å². The van der Waals surface area contributed by atoms with Crippen LogP contribution in [0.1, 0.15) is 67.3 Å². The van der Waals surface area contributed by atoms with Gasteiger partial charge in [0, 0.05) is 18.2 Å². The number of nitrogens with zero attached hydrogens (tertiary/aromatic N) is 1. The predicted molar refractivity (Wildman–Crippen MR) is 105 cm³/mol. The highest BCUT2D eigenvalue weighted by Gasteiger charge is 2.48. The molecule has 28 heavy (non-hydrogen) atoms. The highest BCUT2D eigenvalue weighted by Crippen LogP contribution is 2.59. The summed E-state index contributed by atoms with van der Waals surface area (Å²) in [5, 5.41) is 0. The zero-order chi connectivity index (χ0) is 19.3. The van der Waals surface area contributed by atoms with Crippen molar-refractivity contribution in [2.24, 2.45) is 23.7 Å². The number of Topliss-reactive ketones (excluding diaryl/α,β-unsaturated/α-hetero) is 1. The smallest absolute Gasteiger partial charge is 0.255 e. The number of rotatable bonds is 5. The molecule has 3 nitrogen and oxygen atoms in total. The lowest BCUT2D eigenvalue weighted by Crippen LogP contribution is -2.43. The van der Waals surface area contributed by atoms with Crippen molar-refractivity contribution in [2.75, 3.05) is 0 Å². The van der Waals surface area contributed by atoms with E-state index in [1.54, 1.807) is 6.92 Å². The van der Waals surface area contributed by atoms with E-state index in [-0.39, 0.29) is 17.2 Å². The number of carbonyl (C=O) groups is 1. The molecule has 4 aliphatic carbocycles.